The minimum absolute atomic E-state index is 0. The maximum Gasteiger partial charge on any atom is 0.117 e. The van der Waals surface area contributed by atoms with Crippen LogP contribution in [-0.2, 0) is 6.54 Å². The van der Waals surface area contributed by atoms with Crippen molar-refractivity contribution in [2.45, 2.75) is 25.4 Å². The van der Waals surface area contributed by atoms with Crippen molar-refractivity contribution in [1.82, 2.24) is 9.80 Å². The zero-order chi connectivity index (χ0) is 11.8. The molecule has 0 aromatic carbocycles. The molecule has 0 unspecified atom stereocenters. The summed E-state index contributed by atoms with van der Waals surface area (Å²) in [7, 11) is 4.44. The number of hydrogen-bond acceptors (Lipinski definition) is 3. The van der Waals surface area contributed by atoms with E-state index in [9.17, 15) is 0 Å². The fourth-order valence-corrected chi connectivity index (χ4v) is 3.18. The van der Waals surface area contributed by atoms with Gasteiger partial charge in [-0.25, -0.2) is 0 Å². The minimum atomic E-state index is 0. The lowest BCUT2D eigenvalue weighted by Crippen LogP contribution is -2.36. The fraction of sp³-hybridized carbons (Fsp3) is 0.714. The molecule has 0 radical (unpaired) electrons. The lowest BCUT2D eigenvalue weighted by molar-refractivity contribution is 0.231. The van der Waals surface area contributed by atoms with Crippen molar-refractivity contribution in [3.8, 4) is 0 Å². The summed E-state index contributed by atoms with van der Waals surface area (Å²) in [5, 5.41) is 0. The Kier molecular flexibility index (Phi) is 6.18. The second kappa shape index (κ2) is 6.98. The first-order valence-corrected chi connectivity index (χ1v) is 6.65. The topological polar surface area (TPSA) is 19.6 Å². The SMILES string of the molecule is CN(C)[C@H]1CN(Cc2ccco2)C[C@@H]1C1CC1.Cl.Cl. The van der Waals surface area contributed by atoms with Crippen molar-refractivity contribution in [3.05, 3.63) is 24.2 Å². The van der Waals surface area contributed by atoms with Gasteiger partial charge in [0.2, 0.25) is 0 Å². The highest BCUT2D eigenvalue weighted by molar-refractivity contribution is 5.85. The van der Waals surface area contributed by atoms with Gasteiger partial charge in [-0.2, -0.15) is 0 Å². The molecule has 1 aliphatic carbocycles. The molecule has 2 heterocycles. The predicted molar refractivity (Wildman–Crippen MR) is 82.2 cm³/mol. The van der Waals surface area contributed by atoms with Crippen molar-refractivity contribution in [1.29, 1.82) is 0 Å². The van der Waals surface area contributed by atoms with Crippen molar-refractivity contribution >= 4 is 24.8 Å². The summed E-state index contributed by atoms with van der Waals surface area (Å²) >= 11 is 0. The lowest BCUT2D eigenvalue weighted by atomic mass is 9.97. The molecule has 19 heavy (non-hydrogen) atoms. The number of likely N-dealkylation sites (tertiary alicyclic amines) is 1. The Morgan fingerprint density at radius 3 is 2.53 bits per heavy atom. The summed E-state index contributed by atoms with van der Waals surface area (Å²) in [6.45, 7) is 3.41. The molecule has 2 fully saturated rings. The molecular formula is C14H24Cl2N2O. The van der Waals surface area contributed by atoms with E-state index in [0.29, 0.717) is 0 Å². The van der Waals surface area contributed by atoms with E-state index in [0.717, 1.165) is 30.2 Å². The molecule has 5 heteroatoms. The van der Waals surface area contributed by atoms with Crippen LogP contribution in [0.5, 0.6) is 0 Å². The number of nitrogens with zero attached hydrogens (tertiary/aromatic N) is 2. The summed E-state index contributed by atoms with van der Waals surface area (Å²) in [6, 6.07) is 4.79. The molecule has 0 amide bonds. The van der Waals surface area contributed by atoms with Crippen LogP contribution >= 0.6 is 24.8 Å². The van der Waals surface area contributed by atoms with Crippen molar-refractivity contribution in [3.63, 3.8) is 0 Å². The highest BCUT2D eigenvalue weighted by Crippen LogP contribution is 2.42. The molecule has 2 aliphatic rings. The standard InChI is InChI=1S/C14H22N2O.2ClH/c1-15(2)14-10-16(8-12-4-3-7-17-12)9-13(14)11-5-6-11;;/h3-4,7,11,13-14H,5-6,8-10H2,1-2H3;2*1H/t13-,14+;;/m1../s1. The first-order chi connectivity index (χ1) is 8.24. The summed E-state index contributed by atoms with van der Waals surface area (Å²) < 4.78 is 5.45. The Morgan fingerprint density at radius 2 is 2.00 bits per heavy atom. The molecule has 0 bridgehead atoms. The molecule has 1 saturated heterocycles. The summed E-state index contributed by atoms with van der Waals surface area (Å²) in [5.74, 6) is 2.96. The third-order valence-corrected chi connectivity index (χ3v) is 4.26. The molecule has 3 nitrogen and oxygen atoms in total. The van der Waals surface area contributed by atoms with Crippen LogP contribution in [0.2, 0.25) is 0 Å². The summed E-state index contributed by atoms with van der Waals surface area (Å²) in [5.41, 5.74) is 0. The van der Waals surface area contributed by atoms with Gasteiger partial charge in [-0.15, -0.1) is 24.8 Å². The van der Waals surface area contributed by atoms with Crippen LogP contribution in [0.25, 0.3) is 0 Å². The average Bonchev–Trinajstić information content (AvgIpc) is 2.86. The Morgan fingerprint density at radius 1 is 1.26 bits per heavy atom. The first kappa shape index (κ1) is 16.8. The van der Waals surface area contributed by atoms with E-state index in [2.05, 4.69) is 30.0 Å². The Hall–Kier alpha value is -0.220. The van der Waals surface area contributed by atoms with Gasteiger partial charge in [0.15, 0.2) is 0 Å². The van der Waals surface area contributed by atoms with Crippen LogP contribution in [0.3, 0.4) is 0 Å². The van der Waals surface area contributed by atoms with E-state index in [4.69, 9.17) is 4.42 Å². The van der Waals surface area contributed by atoms with E-state index in [1.165, 1.54) is 25.9 Å². The van der Waals surface area contributed by atoms with Crippen molar-refractivity contribution in [2.75, 3.05) is 27.2 Å². The highest BCUT2D eigenvalue weighted by atomic mass is 35.5. The smallest absolute Gasteiger partial charge is 0.117 e. The van der Waals surface area contributed by atoms with Crippen LogP contribution in [0.4, 0.5) is 0 Å². The highest BCUT2D eigenvalue weighted by Gasteiger charge is 2.43. The van der Waals surface area contributed by atoms with E-state index in [-0.39, 0.29) is 24.8 Å². The maximum absolute atomic E-state index is 5.45. The van der Waals surface area contributed by atoms with E-state index in [1.807, 2.05) is 6.07 Å². The van der Waals surface area contributed by atoms with Gasteiger partial charge >= 0.3 is 0 Å². The van der Waals surface area contributed by atoms with Gasteiger partial charge < -0.3 is 9.32 Å². The number of furan rings is 1. The van der Waals surface area contributed by atoms with Gasteiger partial charge in [0.1, 0.15) is 5.76 Å². The average molecular weight is 307 g/mol. The number of likely N-dealkylation sites (N-methyl/N-ethyl adjacent to an activating group) is 1. The van der Waals surface area contributed by atoms with Gasteiger partial charge in [-0.05, 0) is 50.9 Å². The summed E-state index contributed by atoms with van der Waals surface area (Å²) in [4.78, 5) is 4.96. The third kappa shape index (κ3) is 3.88. The zero-order valence-corrected chi connectivity index (χ0v) is 13.3. The quantitative estimate of drug-likeness (QED) is 0.853. The Labute approximate surface area is 128 Å². The fourth-order valence-electron chi connectivity index (χ4n) is 3.18. The van der Waals surface area contributed by atoms with E-state index >= 15 is 0 Å². The second-order valence-corrected chi connectivity index (χ2v) is 5.81. The Bertz CT molecular complexity index is 356. The first-order valence-electron chi connectivity index (χ1n) is 6.65. The van der Waals surface area contributed by atoms with Crippen molar-refractivity contribution in [2.24, 2.45) is 11.8 Å². The molecule has 0 N–H and O–H groups in total. The van der Waals surface area contributed by atoms with E-state index in [1.54, 1.807) is 6.26 Å². The van der Waals surface area contributed by atoms with E-state index < -0.39 is 0 Å². The summed E-state index contributed by atoms with van der Waals surface area (Å²) in [6.07, 6.45) is 4.67. The van der Waals surface area contributed by atoms with Crippen LogP contribution in [0, 0.1) is 11.8 Å². The number of rotatable bonds is 4. The molecule has 1 aromatic heterocycles. The third-order valence-electron chi connectivity index (χ3n) is 4.26. The number of hydrogen-bond donors (Lipinski definition) is 0. The second-order valence-electron chi connectivity index (χ2n) is 5.81. The maximum atomic E-state index is 5.45. The molecule has 2 atom stereocenters. The molecule has 110 valence electrons. The Balaban J connectivity index is 0.000000902. The predicted octanol–water partition coefficient (Wildman–Crippen LogP) is 2.90. The monoisotopic (exact) mass is 306 g/mol. The minimum Gasteiger partial charge on any atom is -0.468 e. The molecule has 1 aliphatic heterocycles. The molecular weight excluding hydrogens is 283 g/mol. The molecule has 1 aromatic rings. The number of halogens is 2. The van der Waals surface area contributed by atoms with Crippen LogP contribution in [0.1, 0.15) is 18.6 Å². The van der Waals surface area contributed by atoms with Gasteiger partial charge in [0.25, 0.3) is 0 Å². The van der Waals surface area contributed by atoms with Crippen LogP contribution in [0.15, 0.2) is 22.8 Å². The van der Waals surface area contributed by atoms with Crippen molar-refractivity contribution < 1.29 is 4.42 Å². The van der Waals surface area contributed by atoms with Crippen LogP contribution < -0.4 is 0 Å². The van der Waals surface area contributed by atoms with Gasteiger partial charge in [-0.1, -0.05) is 0 Å². The van der Waals surface area contributed by atoms with Gasteiger partial charge in [-0.3, -0.25) is 4.90 Å². The normalized spacial score (nSPS) is 27.1. The van der Waals surface area contributed by atoms with Gasteiger partial charge in [0.05, 0.1) is 12.8 Å². The molecule has 3 rings (SSSR count). The van der Waals surface area contributed by atoms with Crippen LogP contribution in [-0.4, -0.2) is 43.0 Å². The molecule has 0 spiro atoms. The lowest BCUT2D eigenvalue weighted by Gasteiger charge is -2.24. The van der Waals surface area contributed by atoms with Gasteiger partial charge in [0, 0.05) is 19.1 Å². The largest absolute Gasteiger partial charge is 0.468 e. The molecule has 1 saturated carbocycles. The zero-order valence-electron chi connectivity index (χ0n) is 11.6.